The highest BCUT2D eigenvalue weighted by molar-refractivity contribution is 7.89. The van der Waals surface area contributed by atoms with Gasteiger partial charge in [0.05, 0.1) is 59.6 Å². The molecule has 4 heterocycles. The standard InChI is InChI=1S/C22H26ClFN6O4S/c1-3-35(32,33)29-5-4-17(19(31)9-29)27-22-25-8-15(23)20(28-22)13-6-16(24)21-18(7-13)30(12(2)26-21)14-10-34-11-14/h6-8,14,17,19,31H,3-5,9-11H2,1-2H3,(H,25,27,28)/t17?,19-/m1/s1. The summed E-state index contributed by atoms with van der Waals surface area (Å²) in [5.41, 5.74) is 1.71. The van der Waals surface area contributed by atoms with E-state index in [1.807, 2.05) is 11.5 Å². The van der Waals surface area contributed by atoms with E-state index in [1.54, 1.807) is 13.0 Å². The lowest BCUT2D eigenvalue weighted by Crippen LogP contribution is -2.52. The molecule has 0 saturated carbocycles. The second kappa shape index (κ2) is 9.25. The molecule has 3 aromatic rings. The van der Waals surface area contributed by atoms with E-state index < -0.39 is 28.0 Å². The summed E-state index contributed by atoms with van der Waals surface area (Å²) in [5.74, 6) is 0.404. The van der Waals surface area contributed by atoms with E-state index in [-0.39, 0.29) is 41.4 Å². The number of aryl methyl sites for hydroxylation is 1. The number of aliphatic hydroxyl groups excluding tert-OH is 1. The third-order valence-electron chi connectivity index (χ3n) is 6.55. The van der Waals surface area contributed by atoms with Crippen molar-refractivity contribution in [3.8, 4) is 11.3 Å². The van der Waals surface area contributed by atoms with Crippen molar-refractivity contribution in [2.24, 2.45) is 0 Å². The Balaban J connectivity index is 1.43. The van der Waals surface area contributed by atoms with Crippen molar-refractivity contribution in [3.63, 3.8) is 0 Å². The number of fused-ring (bicyclic) bond motifs is 1. The number of aromatic nitrogens is 4. The van der Waals surface area contributed by atoms with Gasteiger partial charge in [0.2, 0.25) is 16.0 Å². The zero-order chi connectivity index (χ0) is 24.9. The van der Waals surface area contributed by atoms with E-state index >= 15 is 4.39 Å². The van der Waals surface area contributed by atoms with Gasteiger partial charge in [0.15, 0.2) is 5.82 Å². The maximum absolute atomic E-state index is 15.0. The Morgan fingerprint density at radius 3 is 2.74 bits per heavy atom. The van der Waals surface area contributed by atoms with Crippen molar-refractivity contribution in [2.75, 3.05) is 37.4 Å². The van der Waals surface area contributed by atoms with E-state index in [9.17, 15) is 13.5 Å². The minimum absolute atomic E-state index is 0.00954. The number of aliphatic hydroxyl groups is 1. The number of nitrogens with one attached hydrogen (secondary N) is 1. The molecule has 1 aromatic carbocycles. The van der Waals surface area contributed by atoms with Crippen LogP contribution >= 0.6 is 11.6 Å². The molecule has 0 amide bonds. The number of anilines is 1. The number of sulfonamides is 1. The Hall–Kier alpha value is -2.38. The number of imidazole rings is 1. The molecule has 10 nitrogen and oxygen atoms in total. The fourth-order valence-electron chi connectivity index (χ4n) is 4.55. The average molecular weight is 525 g/mol. The summed E-state index contributed by atoms with van der Waals surface area (Å²) in [6.45, 7) is 4.76. The molecule has 0 aliphatic carbocycles. The maximum Gasteiger partial charge on any atom is 0.223 e. The minimum atomic E-state index is -3.38. The van der Waals surface area contributed by atoms with E-state index in [0.717, 1.165) is 0 Å². The third-order valence-corrected chi connectivity index (χ3v) is 8.67. The van der Waals surface area contributed by atoms with Gasteiger partial charge in [0.25, 0.3) is 0 Å². The van der Waals surface area contributed by atoms with Crippen molar-refractivity contribution in [2.45, 2.75) is 38.5 Å². The second-order valence-corrected chi connectivity index (χ2v) is 11.5. The van der Waals surface area contributed by atoms with E-state index in [1.165, 1.54) is 16.6 Å². The number of piperidine rings is 1. The Labute approximate surface area is 207 Å². The summed E-state index contributed by atoms with van der Waals surface area (Å²) >= 11 is 6.40. The number of hydrogen-bond donors (Lipinski definition) is 2. The van der Waals surface area contributed by atoms with Crippen LogP contribution in [0.3, 0.4) is 0 Å². The van der Waals surface area contributed by atoms with Gasteiger partial charge in [-0.1, -0.05) is 11.6 Å². The Morgan fingerprint density at radius 1 is 1.31 bits per heavy atom. The third kappa shape index (κ3) is 4.49. The van der Waals surface area contributed by atoms with Crippen LogP contribution in [0.5, 0.6) is 0 Å². The molecule has 0 spiro atoms. The van der Waals surface area contributed by atoms with Crippen LogP contribution in [0.25, 0.3) is 22.3 Å². The molecule has 2 atom stereocenters. The van der Waals surface area contributed by atoms with Crippen molar-refractivity contribution in [1.29, 1.82) is 0 Å². The van der Waals surface area contributed by atoms with Crippen LogP contribution in [0.1, 0.15) is 25.2 Å². The largest absolute Gasteiger partial charge is 0.390 e. The maximum atomic E-state index is 15.0. The molecule has 0 bridgehead atoms. The van der Waals surface area contributed by atoms with Crippen LogP contribution in [0, 0.1) is 12.7 Å². The zero-order valence-electron chi connectivity index (χ0n) is 19.3. The van der Waals surface area contributed by atoms with Crippen LogP contribution < -0.4 is 5.32 Å². The molecule has 188 valence electrons. The number of rotatable bonds is 6. The van der Waals surface area contributed by atoms with Crippen LogP contribution in [0.2, 0.25) is 5.02 Å². The Kier molecular flexibility index (Phi) is 6.43. The predicted octanol–water partition coefficient (Wildman–Crippen LogP) is 2.36. The van der Waals surface area contributed by atoms with Crippen molar-refractivity contribution < 1.29 is 22.7 Å². The van der Waals surface area contributed by atoms with Crippen molar-refractivity contribution in [1.82, 2.24) is 23.8 Å². The topological polar surface area (TPSA) is 122 Å². The van der Waals surface area contributed by atoms with Gasteiger partial charge < -0.3 is 19.7 Å². The first-order valence-electron chi connectivity index (χ1n) is 11.4. The highest BCUT2D eigenvalue weighted by atomic mass is 35.5. The van der Waals surface area contributed by atoms with E-state index in [0.29, 0.717) is 42.2 Å². The molecule has 13 heteroatoms. The molecule has 2 N–H and O–H groups in total. The molecule has 2 aromatic heterocycles. The Bertz CT molecular complexity index is 1380. The van der Waals surface area contributed by atoms with Gasteiger partial charge in [-0.3, -0.25) is 0 Å². The molecule has 0 radical (unpaired) electrons. The highest BCUT2D eigenvalue weighted by Crippen LogP contribution is 2.33. The molecular formula is C22H26ClFN6O4S. The van der Waals surface area contributed by atoms with Crippen molar-refractivity contribution >= 4 is 38.6 Å². The number of benzene rings is 1. The molecule has 1 unspecified atom stereocenters. The van der Waals surface area contributed by atoms with Gasteiger partial charge in [-0.05, 0) is 32.4 Å². The molecule has 2 fully saturated rings. The molecular weight excluding hydrogens is 499 g/mol. The van der Waals surface area contributed by atoms with Crippen molar-refractivity contribution in [3.05, 3.63) is 35.0 Å². The molecule has 5 rings (SSSR count). The van der Waals surface area contributed by atoms with Gasteiger partial charge in [0, 0.05) is 18.7 Å². The molecule has 2 saturated heterocycles. The zero-order valence-corrected chi connectivity index (χ0v) is 20.9. The van der Waals surface area contributed by atoms with Gasteiger partial charge in [-0.15, -0.1) is 0 Å². The first-order chi connectivity index (χ1) is 16.7. The number of β-amino-alcohol motifs (C(OH)–C–C–N with tert-alkyl or cyclic N) is 1. The fraction of sp³-hybridized carbons (Fsp3) is 0.500. The van der Waals surface area contributed by atoms with Crippen LogP contribution in [-0.2, 0) is 14.8 Å². The first-order valence-corrected chi connectivity index (χ1v) is 13.4. The number of nitrogens with zero attached hydrogens (tertiary/aromatic N) is 5. The molecule has 35 heavy (non-hydrogen) atoms. The molecule has 2 aliphatic rings. The van der Waals surface area contributed by atoms with E-state index in [4.69, 9.17) is 16.3 Å². The van der Waals surface area contributed by atoms with Crippen LogP contribution in [0.15, 0.2) is 18.3 Å². The smallest absolute Gasteiger partial charge is 0.223 e. The summed E-state index contributed by atoms with van der Waals surface area (Å²) in [6, 6.07) is 2.79. The number of halogens is 2. The fourth-order valence-corrected chi connectivity index (χ4v) is 5.88. The average Bonchev–Trinajstić information content (AvgIpc) is 3.11. The van der Waals surface area contributed by atoms with Crippen LogP contribution in [-0.4, -0.2) is 81.6 Å². The van der Waals surface area contributed by atoms with Gasteiger partial charge in [-0.2, -0.15) is 4.31 Å². The quantitative estimate of drug-likeness (QED) is 0.504. The summed E-state index contributed by atoms with van der Waals surface area (Å²) in [4.78, 5) is 13.1. The second-order valence-electron chi connectivity index (χ2n) is 8.80. The highest BCUT2D eigenvalue weighted by Gasteiger charge is 2.33. The minimum Gasteiger partial charge on any atom is -0.390 e. The summed E-state index contributed by atoms with van der Waals surface area (Å²) in [7, 11) is -3.38. The summed E-state index contributed by atoms with van der Waals surface area (Å²) in [5, 5.41) is 13.9. The molecule has 2 aliphatic heterocycles. The number of hydrogen-bond acceptors (Lipinski definition) is 8. The lowest BCUT2D eigenvalue weighted by molar-refractivity contribution is -0.0224. The first kappa shape index (κ1) is 24.3. The van der Waals surface area contributed by atoms with Gasteiger partial charge in [0.1, 0.15) is 11.3 Å². The normalized spacial score (nSPS) is 21.9. The summed E-state index contributed by atoms with van der Waals surface area (Å²) < 4.78 is 47.9. The Morgan fingerprint density at radius 2 is 2.09 bits per heavy atom. The lowest BCUT2D eigenvalue weighted by Gasteiger charge is -2.35. The van der Waals surface area contributed by atoms with E-state index in [2.05, 4.69) is 20.3 Å². The van der Waals surface area contributed by atoms with Gasteiger partial charge >= 0.3 is 0 Å². The number of ether oxygens (including phenoxy) is 1. The summed E-state index contributed by atoms with van der Waals surface area (Å²) in [6.07, 6.45) is 0.854. The lowest BCUT2D eigenvalue weighted by atomic mass is 10.0. The van der Waals surface area contributed by atoms with Gasteiger partial charge in [-0.25, -0.2) is 27.8 Å². The van der Waals surface area contributed by atoms with Crippen LogP contribution in [0.4, 0.5) is 10.3 Å². The monoisotopic (exact) mass is 524 g/mol. The predicted molar refractivity (Wildman–Crippen MR) is 129 cm³/mol. The SMILES string of the molecule is CCS(=O)(=O)N1CCC(Nc2ncc(Cl)c(-c3cc(F)c4nc(C)n(C5COC5)c4c3)n2)[C@H](O)C1.